The third kappa shape index (κ3) is 7.65. The van der Waals surface area contributed by atoms with Crippen LogP contribution in [0.15, 0.2) is 43.0 Å². The first-order valence-electron chi connectivity index (χ1n) is 19.9. The zero-order chi connectivity index (χ0) is 37.4. The van der Waals surface area contributed by atoms with Crippen molar-refractivity contribution in [1.82, 2.24) is 34.6 Å². The highest BCUT2D eigenvalue weighted by molar-refractivity contribution is 5.97. The van der Waals surface area contributed by atoms with E-state index in [0.29, 0.717) is 30.3 Å². The highest BCUT2D eigenvalue weighted by atomic mass is 19.1. The van der Waals surface area contributed by atoms with Crippen molar-refractivity contribution < 1.29 is 23.4 Å². The number of anilines is 1. The molecule has 13 heteroatoms. The fraction of sp³-hybridized carbons (Fsp3) is 0.610. The van der Waals surface area contributed by atoms with Crippen molar-refractivity contribution in [1.29, 1.82) is 0 Å². The fourth-order valence-electron chi connectivity index (χ4n) is 9.33. The van der Waals surface area contributed by atoms with Crippen molar-refractivity contribution in [2.24, 2.45) is 5.41 Å². The predicted molar refractivity (Wildman–Crippen MR) is 204 cm³/mol. The van der Waals surface area contributed by atoms with Crippen LogP contribution in [0.2, 0.25) is 0 Å². The number of ether oxygens (including phenoxy) is 3. The summed E-state index contributed by atoms with van der Waals surface area (Å²) in [6, 6.07) is 6.59. The van der Waals surface area contributed by atoms with Crippen LogP contribution in [0.3, 0.4) is 0 Å². The number of carbonyl (C=O) groups is 1. The summed E-state index contributed by atoms with van der Waals surface area (Å²) in [4.78, 5) is 38.5. The highest BCUT2D eigenvalue weighted by Gasteiger charge is 2.54. The topological polar surface area (TPSA) is 99.6 Å². The van der Waals surface area contributed by atoms with Crippen LogP contribution in [0, 0.1) is 11.2 Å². The quantitative estimate of drug-likeness (QED) is 0.254. The Bertz CT molecular complexity index is 1800. The van der Waals surface area contributed by atoms with E-state index in [0.717, 1.165) is 103 Å². The maximum Gasteiger partial charge on any atom is 0.257 e. The molecule has 0 N–H and O–H groups in total. The van der Waals surface area contributed by atoms with Crippen LogP contribution in [-0.4, -0.2) is 137 Å². The molecule has 2 atom stereocenters. The second-order valence-corrected chi connectivity index (χ2v) is 16.3. The molecule has 4 aliphatic heterocycles. The summed E-state index contributed by atoms with van der Waals surface area (Å²) >= 11 is 0. The van der Waals surface area contributed by atoms with Gasteiger partial charge in [0.25, 0.3) is 5.91 Å². The number of amides is 1. The largest absolute Gasteiger partial charge is 0.490 e. The fourth-order valence-corrected chi connectivity index (χ4v) is 9.33. The summed E-state index contributed by atoms with van der Waals surface area (Å²) in [6.45, 7) is 16.2. The summed E-state index contributed by atoms with van der Waals surface area (Å²) < 4.78 is 33.4. The number of rotatable bonds is 12. The molecule has 4 fully saturated rings. The first-order valence-corrected chi connectivity index (χ1v) is 19.9. The van der Waals surface area contributed by atoms with Crippen molar-refractivity contribution in [3.8, 4) is 17.2 Å². The van der Waals surface area contributed by atoms with E-state index in [1.54, 1.807) is 11.1 Å². The number of likely N-dealkylation sites (tertiary alicyclic amines) is 1. The van der Waals surface area contributed by atoms with Crippen molar-refractivity contribution in [2.75, 3.05) is 77.5 Å². The Morgan fingerprint density at radius 2 is 1.91 bits per heavy atom. The monoisotopic (exact) mass is 742 g/mol. The third-order valence-corrected chi connectivity index (χ3v) is 12.3. The summed E-state index contributed by atoms with van der Waals surface area (Å²) in [7, 11) is 2.24. The molecule has 0 radical (unpaired) electrons. The number of piperidine rings is 1. The Kier molecular flexibility index (Phi) is 10.8. The van der Waals surface area contributed by atoms with Crippen molar-refractivity contribution in [3.63, 3.8) is 0 Å². The summed E-state index contributed by atoms with van der Waals surface area (Å²) in [5.41, 5.74) is 2.76. The summed E-state index contributed by atoms with van der Waals surface area (Å²) in [6.07, 6.45) is 10.8. The predicted octanol–water partition coefficient (Wildman–Crippen LogP) is 4.87. The number of hydrogen-bond donors (Lipinski definition) is 0. The molecule has 1 aliphatic carbocycles. The van der Waals surface area contributed by atoms with Gasteiger partial charge in [-0.3, -0.25) is 19.6 Å². The maximum absolute atomic E-state index is 14.4. The molecule has 1 aromatic carbocycles. The lowest BCUT2D eigenvalue weighted by Gasteiger charge is -2.59. The standard InChI is InChI=1S/C41H55FN8O4/c1-5-50(28(2)3)40(51)31-19-29(42)7-8-35(31)54-38-22-43-27-45-39(38)49-25-41(26-49)20-30(21-41)53-36-9-12-44-33-10-15-47(23-32(33)36)13-6-14-48-16-11-37-34(24-48)46(4)17-18-52-37/h7-9,12,19,22,27-28,30,34,37H,5-6,10-11,13-18,20-21,23-26H2,1-4H3/t34-,37-/m0/s1. The molecule has 1 amide bonds. The van der Waals surface area contributed by atoms with Gasteiger partial charge in [0.2, 0.25) is 0 Å². The van der Waals surface area contributed by atoms with E-state index in [1.807, 2.05) is 33.0 Å². The van der Waals surface area contributed by atoms with E-state index < -0.39 is 5.82 Å². The molecule has 5 aliphatic rings. The van der Waals surface area contributed by atoms with E-state index in [-0.39, 0.29) is 34.8 Å². The Labute approximate surface area is 318 Å². The number of fused-ring (bicyclic) bond motifs is 2. The average Bonchev–Trinajstić information content (AvgIpc) is 3.13. The molecule has 1 saturated carbocycles. The second-order valence-electron chi connectivity index (χ2n) is 16.3. The molecule has 3 saturated heterocycles. The van der Waals surface area contributed by atoms with Crippen molar-refractivity contribution in [2.45, 2.75) is 83.7 Å². The molecule has 1 spiro atoms. The first kappa shape index (κ1) is 37.0. The summed E-state index contributed by atoms with van der Waals surface area (Å²) in [5, 5.41) is 0. The van der Waals surface area contributed by atoms with Gasteiger partial charge in [-0.15, -0.1) is 0 Å². The van der Waals surface area contributed by atoms with Gasteiger partial charge in [0, 0.05) is 93.7 Å². The molecule has 0 unspecified atom stereocenters. The van der Waals surface area contributed by atoms with Crippen LogP contribution in [0.1, 0.15) is 68.1 Å². The number of morpholine rings is 1. The van der Waals surface area contributed by atoms with Gasteiger partial charge >= 0.3 is 0 Å². The molecule has 3 aromatic rings. The van der Waals surface area contributed by atoms with Gasteiger partial charge in [0.05, 0.1) is 24.5 Å². The zero-order valence-corrected chi connectivity index (χ0v) is 32.3. The minimum absolute atomic E-state index is 0.0379. The minimum Gasteiger partial charge on any atom is -0.490 e. The van der Waals surface area contributed by atoms with E-state index in [2.05, 4.69) is 36.6 Å². The number of hydrogen-bond acceptors (Lipinski definition) is 11. The number of pyridine rings is 1. The van der Waals surface area contributed by atoms with Crippen LogP contribution in [-0.2, 0) is 17.7 Å². The van der Waals surface area contributed by atoms with Crippen LogP contribution >= 0.6 is 0 Å². The summed E-state index contributed by atoms with van der Waals surface area (Å²) in [5.74, 6) is 1.61. The molecular weight excluding hydrogens is 688 g/mol. The first-order chi connectivity index (χ1) is 26.2. The normalized spacial score (nSPS) is 23.0. The SMILES string of the molecule is CCN(C(=O)c1cc(F)ccc1Oc1cncnc1N1CC2(CC(Oc3ccnc4c3CN(CCCN3CC[C@@H]5OCCN(C)[C@H]5C3)CC4)C2)C1)C(C)C. The lowest BCUT2D eigenvalue weighted by molar-refractivity contribution is -0.0946. The van der Waals surface area contributed by atoms with Gasteiger partial charge in [0.1, 0.15) is 29.7 Å². The average molecular weight is 743 g/mol. The Balaban J connectivity index is 0.841. The van der Waals surface area contributed by atoms with Crippen LogP contribution in [0.25, 0.3) is 0 Å². The number of nitrogens with zero attached hydrogens (tertiary/aromatic N) is 8. The van der Waals surface area contributed by atoms with Gasteiger partial charge < -0.3 is 28.9 Å². The van der Waals surface area contributed by atoms with Gasteiger partial charge in [-0.25, -0.2) is 14.4 Å². The van der Waals surface area contributed by atoms with E-state index >= 15 is 0 Å². The Morgan fingerprint density at radius 1 is 1.07 bits per heavy atom. The zero-order valence-electron chi connectivity index (χ0n) is 32.3. The lowest BCUT2D eigenvalue weighted by Crippen LogP contribution is -2.65. The van der Waals surface area contributed by atoms with Gasteiger partial charge in [0.15, 0.2) is 11.6 Å². The van der Waals surface area contributed by atoms with E-state index in [4.69, 9.17) is 19.2 Å². The smallest absolute Gasteiger partial charge is 0.257 e. The number of likely N-dealkylation sites (N-methyl/N-ethyl adjacent to an activating group) is 1. The minimum atomic E-state index is -0.490. The van der Waals surface area contributed by atoms with Crippen LogP contribution < -0.4 is 14.4 Å². The van der Waals surface area contributed by atoms with Crippen LogP contribution in [0.5, 0.6) is 17.2 Å². The lowest BCUT2D eigenvalue weighted by atomic mass is 9.61. The number of aromatic nitrogens is 3. The molecule has 290 valence electrons. The molecule has 2 aromatic heterocycles. The molecule has 6 heterocycles. The molecule has 0 bridgehead atoms. The van der Waals surface area contributed by atoms with Crippen LogP contribution in [0.4, 0.5) is 10.2 Å². The number of halogens is 1. The number of benzene rings is 1. The Hall–Kier alpha value is -3.91. The highest BCUT2D eigenvalue weighted by Crippen LogP contribution is 2.52. The van der Waals surface area contributed by atoms with E-state index in [9.17, 15) is 9.18 Å². The van der Waals surface area contributed by atoms with Crippen molar-refractivity contribution in [3.05, 3.63) is 65.6 Å². The molecule has 8 rings (SSSR count). The van der Waals surface area contributed by atoms with Gasteiger partial charge in [-0.1, -0.05) is 0 Å². The third-order valence-electron chi connectivity index (χ3n) is 12.3. The van der Waals surface area contributed by atoms with Gasteiger partial charge in [-0.2, -0.15) is 0 Å². The molecule has 12 nitrogen and oxygen atoms in total. The second kappa shape index (κ2) is 15.7. The van der Waals surface area contributed by atoms with E-state index in [1.165, 1.54) is 35.8 Å². The molecular formula is C41H55FN8O4. The maximum atomic E-state index is 14.4. The Morgan fingerprint density at radius 3 is 2.72 bits per heavy atom. The number of carbonyl (C=O) groups excluding carboxylic acids is 1. The molecule has 54 heavy (non-hydrogen) atoms. The van der Waals surface area contributed by atoms with Gasteiger partial charge in [-0.05, 0) is 90.9 Å². The van der Waals surface area contributed by atoms with Crippen molar-refractivity contribution >= 4 is 11.7 Å².